The molecule has 0 unspecified atom stereocenters. The summed E-state index contributed by atoms with van der Waals surface area (Å²) in [6, 6.07) is 0. The van der Waals surface area contributed by atoms with Gasteiger partial charge in [0.1, 0.15) is 0 Å². The molecular formula is C8H17NO2. The maximum atomic E-state index is 10.8. The van der Waals surface area contributed by atoms with Gasteiger partial charge in [-0.3, -0.25) is 10.0 Å². The molecule has 0 atom stereocenters. The monoisotopic (exact) mass is 159 g/mol. The van der Waals surface area contributed by atoms with Crippen molar-refractivity contribution in [2.45, 2.75) is 33.1 Å². The molecule has 66 valence electrons. The van der Waals surface area contributed by atoms with Gasteiger partial charge in [-0.05, 0) is 12.3 Å². The Morgan fingerprint density at radius 1 is 1.55 bits per heavy atom. The van der Waals surface area contributed by atoms with Crippen LogP contribution in [0.5, 0.6) is 0 Å². The number of carbonyl (C=O) groups is 1. The minimum atomic E-state index is -0.203. The summed E-state index contributed by atoms with van der Waals surface area (Å²) >= 11 is 0. The second-order valence-electron chi connectivity index (χ2n) is 3.20. The Kier molecular flexibility index (Phi) is 4.86. The molecule has 3 heteroatoms. The Morgan fingerprint density at radius 3 is 2.45 bits per heavy atom. The number of rotatable bonds is 4. The molecule has 0 aromatic heterocycles. The summed E-state index contributed by atoms with van der Waals surface area (Å²) < 4.78 is 0. The Labute approximate surface area is 68.0 Å². The van der Waals surface area contributed by atoms with Crippen molar-refractivity contribution in [2.24, 2.45) is 5.92 Å². The highest BCUT2D eigenvalue weighted by atomic mass is 16.5. The Balaban J connectivity index is 3.32. The number of hydrogen-bond acceptors (Lipinski definition) is 2. The third-order valence-electron chi connectivity index (χ3n) is 1.53. The van der Waals surface area contributed by atoms with Crippen LogP contribution in [-0.4, -0.2) is 23.2 Å². The van der Waals surface area contributed by atoms with Crippen molar-refractivity contribution in [3.8, 4) is 0 Å². The van der Waals surface area contributed by atoms with Crippen molar-refractivity contribution < 1.29 is 10.0 Å². The fraction of sp³-hybridized carbons (Fsp3) is 0.875. The van der Waals surface area contributed by atoms with E-state index in [1.807, 2.05) is 0 Å². The van der Waals surface area contributed by atoms with Gasteiger partial charge in [0.15, 0.2) is 0 Å². The molecule has 0 aliphatic rings. The smallest absolute Gasteiger partial charge is 0.245 e. The molecule has 0 aromatic carbocycles. The highest BCUT2D eigenvalue weighted by Gasteiger charge is 2.04. The number of hydroxylamine groups is 2. The van der Waals surface area contributed by atoms with Crippen molar-refractivity contribution in [3.05, 3.63) is 0 Å². The summed E-state index contributed by atoms with van der Waals surface area (Å²) in [6.07, 6.45) is 2.35. The molecular weight excluding hydrogens is 142 g/mol. The molecule has 0 aliphatic carbocycles. The van der Waals surface area contributed by atoms with Crippen molar-refractivity contribution in [2.75, 3.05) is 7.05 Å². The van der Waals surface area contributed by atoms with E-state index < -0.39 is 0 Å². The molecule has 0 radical (unpaired) electrons. The first-order chi connectivity index (χ1) is 5.04. The van der Waals surface area contributed by atoms with Crippen molar-refractivity contribution in [1.29, 1.82) is 0 Å². The van der Waals surface area contributed by atoms with Crippen LogP contribution in [-0.2, 0) is 4.79 Å². The van der Waals surface area contributed by atoms with E-state index in [2.05, 4.69) is 13.8 Å². The lowest BCUT2D eigenvalue weighted by Gasteiger charge is -2.08. The molecule has 0 saturated heterocycles. The van der Waals surface area contributed by atoms with Crippen LogP contribution in [0, 0.1) is 5.92 Å². The van der Waals surface area contributed by atoms with Gasteiger partial charge >= 0.3 is 0 Å². The van der Waals surface area contributed by atoms with Crippen molar-refractivity contribution in [1.82, 2.24) is 5.06 Å². The van der Waals surface area contributed by atoms with E-state index in [0.29, 0.717) is 17.4 Å². The van der Waals surface area contributed by atoms with Crippen LogP contribution >= 0.6 is 0 Å². The fourth-order valence-corrected chi connectivity index (χ4v) is 0.823. The normalized spacial score (nSPS) is 10.3. The minimum absolute atomic E-state index is 0.203. The van der Waals surface area contributed by atoms with Gasteiger partial charge in [0.25, 0.3) is 0 Å². The van der Waals surface area contributed by atoms with Gasteiger partial charge in [-0.1, -0.05) is 20.3 Å². The molecule has 0 fully saturated rings. The fourth-order valence-electron chi connectivity index (χ4n) is 0.823. The van der Waals surface area contributed by atoms with Gasteiger partial charge in [-0.2, -0.15) is 0 Å². The topological polar surface area (TPSA) is 40.5 Å². The Bertz CT molecular complexity index is 121. The zero-order chi connectivity index (χ0) is 8.85. The number of carbonyl (C=O) groups excluding carboxylic acids is 1. The molecule has 0 bridgehead atoms. The maximum absolute atomic E-state index is 10.8. The van der Waals surface area contributed by atoms with E-state index in [1.165, 1.54) is 7.05 Å². The second-order valence-corrected chi connectivity index (χ2v) is 3.20. The van der Waals surface area contributed by atoms with Crippen molar-refractivity contribution >= 4 is 5.91 Å². The number of hydrogen-bond donors (Lipinski definition) is 1. The predicted molar refractivity (Wildman–Crippen MR) is 43.2 cm³/mol. The Hall–Kier alpha value is -0.570. The zero-order valence-electron chi connectivity index (χ0n) is 7.50. The largest absolute Gasteiger partial charge is 0.286 e. The number of amides is 1. The Morgan fingerprint density at radius 2 is 2.09 bits per heavy atom. The summed E-state index contributed by atoms with van der Waals surface area (Å²) in [5.41, 5.74) is 0. The van der Waals surface area contributed by atoms with E-state index in [9.17, 15) is 4.79 Å². The average Bonchev–Trinajstić information content (AvgIpc) is 1.86. The van der Waals surface area contributed by atoms with Gasteiger partial charge in [0.2, 0.25) is 5.91 Å². The maximum Gasteiger partial charge on any atom is 0.245 e. The molecule has 0 rings (SSSR count). The van der Waals surface area contributed by atoms with Crippen molar-refractivity contribution in [3.63, 3.8) is 0 Å². The first-order valence-corrected chi connectivity index (χ1v) is 3.99. The van der Waals surface area contributed by atoms with Crippen LogP contribution in [0.2, 0.25) is 0 Å². The molecule has 0 saturated carbocycles. The van der Waals surface area contributed by atoms with Gasteiger partial charge in [0.05, 0.1) is 0 Å². The van der Waals surface area contributed by atoms with E-state index in [0.717, 1.165) is 12.8 Å². The lowest BCUT2D eigenvalue weighted by molar-refractivity contribution is -0.159. The minimum Gasteiger partial charge on any atom is -0.286 e. The third-order valence-corrected chi connectivity index (χ3v) is 1.53. The van der Waals surface area contributed by atoms with Crippen LogP contribution in [0.15, 0.2) is 0 Å². The highest BCUT2D eigenvalue weighted by Crippen LogP contribution is 2.06. The SMILES string of the molecule is CC(C)CCCC(=O)N(C)O. The van der Waals surface area contributed by atoms with Gasteiger partial charge < -0.3 is 0 Å². The molecule has 0 aromatic rings. The summed E-state index contributed by atoms with van der Waals surface area (Å²) in [5, 5.41) is 9.32. The number of nitrogens with zero attached hydrogens (tertiary/aromatic N) is 1. The summed E-state index contributed by atoms with van der Waals surface area (Å²) in [7, 11) is 1.36. The predicted octanol–water partition coefficient (Wildman–Crippen LogP) is 1.66. The average molecular weight is 159 g/mol. The first-order valence-electron chi connectivity index (χ1n) is 3.99. The van der Waals surface area contributed by atoms with Crippen LogP contribution < -0.4 is 0 Å². The molecule has 11 heavy (non-hydrogen) atoms. The van der Waals surface area contributed by atoms with E-state index in [1.54, 1.807) is 0 Å². The van der Waals surface area contributed by atoms with Gasteiger partial charge in [-0.25, -0.2) is 5.06 Å². The standard InChI is InChI=1S/C8H17NO2/c1-7(2)5-4-6-8(10)9(3)11/h7,11H,4-6H2,1-3H3. The van der Waals surface area contributed by atoms with E-state index >= 15 is 0 Å². The third kappa shape index (κ3) is 5.85. The van der Waals surface area contributed by atoms with Crippen LogP contribution in [0.25, 0.3) is 0 Å². The van der Waals surface area contributed by atoms with Gasteiger partial charge in [0, 0.05) is 13.5 Å². The molecule has 3 nitrogen and oxygen atoms in total. The lowest BCUT2D eigenvalue weighted by atomic mass is 10.1. The quantitative estimate of drug-likeness (QED) is 0.500. The van der Waals surface area contributed by atoms with Crippen LogP contribution in [0.3, 0.4) is 0 Å². The van der Waals surface area contributed by atoms with E-state index in [-0.39, 0.29) is 5.91 Å². The summed E-state index contributed by atoms with van der Waals surface area (Å²) in [6.45, 7) is 4.24. The highest BCUT2D eigenvalue weighted by molar-refractivity contribution is 5.74. The molecule has 0 heterocycles. The summed E-state index contributed by atoms with van der Waals surface area (Å²) in [4.78, 5) is 10.8. The van der Waals surface area contributed by atoms with Gasteiger partial charge in [-0.15, -0.1) is 0 Å². The first kappa shape index (κ1) is 10.4. The lowest BCUT2D eigenvalue weighted by Crippen LogP contribution is -2.21. The van der Waals surface area contributed by atoms with E-state index in [4.69, 9.17) is 5.21 Å². The molecule has 0 spiro atoms. The van der Waals surface area contributed by atoms with Crippen LogP contribution in [0.1, 0.15) is 33.1 Å². The molecule has 0 aliphatic heterocycles. The molecule has 1 N–H and O–H groups in total. The zero-order valence-corrected chi connectivity index (χ0v) is 7.50. The van der Waals surface area contributed by atoms with Crippen LogP contribution in [0.4, 0.5) is 0 Å². The second kappa shape index (κ2) is 5.13. The summed E-state index contributed by atoms with van der Waals surface area (Å²) in [5.74, 6) is 0.428. The molecule has 1 amide bonds.